The quantitative estimate of drug-likeness (QED) is 0.833. The van der Waals surface area contributed by atoms with E-state index in [9.17, 15) is 4.79 Å². The van der Waals surface area contributed by atoms with Gasteiger partial charge in [-0.15, -0.1) is 0 Å². The summed E-state index contributed by atoms with van der Waals surface area (Å²) in [5.41, 5.74) is 1.95. The van der Waals surface area contributed by atoms with E-state index in [1.54, 1.807) is 0 Å². The van der Waals surface area contributed by atoms with Crippen LogP contribution in [0.5, 0.6) is 0 Å². The molecule has 1 unspecified atom stereocenters. The molecule has 0 aliphatic carbocycles. The van der Waals surface area contributed by atoms with Crippen LogP contribution in [0.4, 0.5) is 0 Å². The van der Waals surface area contributed by atoms with Crippen molar-refractivity contribution < 1.29 is 9.90 Å². The van der Waals surface area contributed by atoms with Crippen molar-refractivity contribution in [2.45, 2.75) is 25.3 Å². The molecule has 2 N–H and O–H groups in total. The van der Waals surface area contributed by atoms with Crippen LogP contribution in [0.3, 0.4) is 0 Å². The summed E-state index contributed by atoms with van der Waals surface area (Å²) in [5, 5.41) is 12.2. The number of aliphatic carboxylic acids is 1. The molecule has 0 bridgehead atoms. The summed E-state index contributed by atoms with van der Waals surface area (Å²) in [6, 6.07) is 5.27. The molecule has 1 aromatic carbocycles. The summed E-state index contributed by atoms with van der Waals surface area (Å²) in [6.45, 7) is 4.91. The van der Waals surface area contributed by atoms with E-state index in [1.165, 1.54) is 0 Å². The largest absolute Gasteiger partial charge is 0.480 e. The highest BCUT2D eigenvalue weighted by Gasteiger charge is 2.35. The molecule has 0 spiro atoms. The van der Waals surface area contributed by atoms with Crippen LogP contribution in [-0.2, 0) is 10.2 Å². The van der Waals surface area contributed by atoms with Crippen LogP contribution in [0.1, 0.15) is 31.0 Å². The summed E-state index contributed by atoms with van der Waals surface area (Å²) in [4.78, 5) is 11.2. The second-order valence-corrected chi connectivity index (χ2v) is 5.68. The van der Waals surface area contributed by atoms with E-state index in [0.29, 0.717) is 6.54 Å². The molecule has 16 heavy (non-hydrogen) atoms. The zero-order chi connectivity index (χ0) is 11.9. The van der Waals surface area contributed by atoms with Crippen LogP contribution in [-0.4, -0.2) is 17.6 Å². The van der Waals surface area contributed by atoms with Gasteiger partial charge in [-0.05, 0) is 23.3 Å². The highest BCUT2D eigenvalue weighted by Crippen LogP contribution is 2.35. The molecule has 0 saturated carbocycles. The number of rotatable bonds is 1. The van der Waals surface area contributed by atoms with Gasteiger partial charge in [0.25, 0.3) is 0 Å². The predicted molar refractivity (Wildman–Crippen MR) is 65.5 cm³/mol. The zero-order valence-electron chi connectivity index (χ0n) is 9.25. The molecule has 4 heteroatoms. The maximum absolute atomic E-state index is 11.2. The van der Waals surface area contributed by atoms with Crippen LogP contribution in [0.15, 0.2) is 22.7 Å². The van der Waals surface area contributed by atoms with Crippen LogP contribution in [0.2, 0.25) is 0 Å². The summed E-state index contributed by atoms with van der Waals surface area (Å²) >= 11 is 3.38. The first-order valence-electron chi connectivity index (χ1n) is 5.18. The Kier molecular flexibility index (Phi) is 2.80. The van der Waals surface area contributed by atoms with Crippen molar-refractivity contribution in [3.05, 3.63) is 33.8 Å². The molecule has 1 aliphatic rings. The molecule has 0 aromatic heterocycles. The second kappa shape index (κ2) is 3.86. The van der Waals surface area contributed by atoms with E-state index in [1.807, 2.05) is 18.2 Å². The number of hydrogen-bond donors (Lipinski definition) is 2. The Morgan fingerprint density at radius 2 is 2.25 bits per heavy atom. The molecule has 2 rings (SSSR count). The zero-order valence-corrected chi connectivity index (χ0v) is 10.8. The fourth-order valence-electron chi connectivity index (χ4n) is 2.17. The molecule has 0 saturated heterocycles. The van der Waals surface area contributed by atoms with Crippen LogP contribution in [0, 0.1) is 0 Å². The standard InChI is InChI=1S/C12H14BrNO2/c1-12(2)6-14-10(11(15)16)8-5-7(13)3-4-9(8)12/h3-5,10,14H,6H2,1-2H3,(H,15,16). The summed E-state index contributed by atoms with van der Waals surface area (Å²) in [5.74, 6) is -0.824. The van der Waals surface area contributed by atoms with Gasteiger partial charge in [0.15, 0.2) is 0 Å². The average Bonchev–Trinajstić information content (AvgIpc) is 2.16. The lowest BCUT2D eigenvalue weighted by molar-refractivity contribution is -0.140. The minimum absolute atomic E-state index is 0.0258. The van der Waals surface area contributed by atoms with Gasteiger partial charge in [-0.3, -0.25) is 10.1 Å². The van der Waals surface area contributed by atoms with E-state index in [0.717, 1.165) is 15.6 Å². The van der Waals surface area contributed by atoms with Crippen molar-refractivity contribution in [3.8, 4) is 0 Å². The normalized spacial score (nSPS) is 22.6. The molecule has 0 amide bonds. The Labute approximate surface area is 103 Å². The monoisotopic (exact) mass is 283 g/mol. The summed E-state index contributed by atoms with van der Waals surface area (Å²) in [6.07, 6.45) is 0. The van der Waals surface area contributed by atoms with Gasteiger partial charge in [0, 0.05) is 16.4 Å². The molecule has 0 fully saturated rings. The number of hydrogen-bond acceptors (Lipinski definition) is 2. The molecular weight excluding hydrogens is 270 g/mol. The van der Waals surface area contributed by atoms with Crippen molar-refractivity contribution >= 4 is 21.9 Å². The number of carboxylic acid groups (broad SMARTS) is 1. The van der Waals surface area contributed by atoms with Crippen LogP contribution < -0.4 is 5.32 Å². The van der Waals surface area contributed by atoms with Gasteiger partial charge in [-0.1, -0.05) is 35.8 Å². The van der Waals surface area contributed by atoms with Crippen molar-refractivity contribution in [2.24, 2.45) is 0 Å². The van der Waals surface area contributed by atoms with Crippen molar-refractivity contribution in [3.63, 3.8) is 0 Å². The summed E-state index contributed by atoms with van der Waals surface area (Å²) in [7, 11) is 0. The maximum atomic E-state index is 11.2. The van der Waals surface area contributed by atoms with Crippen molar-refractivity contribution in [1.82, 2.24) is 5.32 Å². The van der Waals surface area contributed by atoms with Gasteiger partial charge in [0.2, 0.25) is 0 Å². The maximum Gasteiger partial charge on any atom is 0.325 e. The van der Waals surface area contributed by atoms with Gasteiger partial charge in [-0.25, -0.2) is 0 Å². The first-order valence-corrected chi connectivity index (χ1v) is 5.97. The Bertz CT molecular complexity index is 443. The first-order chi connectivity index (χ1) is 7.42. The lowest BCUT2D eigenvalue weighted by Gasteiger charge is -2.36. The van der Waals surface area contributed by atoms with E-state index >= 15 is 0 Å². The highest BCUT2D eigenvalue weighted by atomic mass is 79.9. The number of carboxylic acids is 1. The molecule has 86 valence electrons. The molecule has 0 radical (unpaired) electrons. The van der Waals surface area contributed by atoms with Crippen molar-refractivity contribution in [2.75, 3.05) is 6.54 Å². The Morgan fingerprint density at radius 1 is 1.56 bits per heavy atom. The van der Waals surface area contributed by atoms with E-state index < -0.39 is 12.0 Å². The molecule has 1 atom stereocenters. The number of benzene rings is 1. The fraction of sp³-hybridized carbons (Fsp3) is 0.417. The lowest BCUT2D eigenvalue weighted by Crippen LogP contribution is -2.44. The van der Waals surface area contributed by atoms with E-state index in [-0.39, 0.29) is 5.41 Å². The minimum Gasteiger partial charge on any atom is -0.480 e. The minimum atomic E-state index is -0.824. The van der Waals surface area contributed by atoms with E-state index in [4.69, 9.17) is 5.11 Å². The van der Waals surface area contributed by atoms with Gasteiger partial charge in [0.05, 0.1) is 0 Å². The highest BCUT2D eigenvalue weighted by molar-refractivity contribution is 9.10. The summed E-state index contributed by atoms with van der Waals surface area (Å²) < 4.78 is 0.914. The average molecular weight is 284 g/mol. The number of nitrogens with one attached hydrogen (secondary N) is 1. The predicted octanol–water partition coefficient (Wildman–Crippen LogP) is 2.46. The molecule has 1 aromatic rings. The first kappa shape index (κ1) is 11.6. The third kappa shape index (κ3) is 1.87. The van der Waals surface area contributed by atoms with Crippen molar-refractivity contribution in [1.29, 1.82) is 0 Å². The van der Waals surface area contributed by atoms with E-state index in [2.05, 4.69) is 35.1 Å². The lowest BCUT2D eigenvalue weighted by atomic mass is 9.77. The topological polar surface area (TPSA) is 49.3 Å². The third-order valence-corrected chi connectivity index (χ3v) is 3.54. The SMILES string of the molecule is CC1(C)CNC(C(=O)O)c2cc(Br)ccc21. The fourth-order valence-corrected chi connectivity index (χ4v) is 2.55. The Hall–Kier alpha value is -0.870. The Morgan fingerprint density at radius 3 is 2.88 bits per heavy atom. The molecule has 1 heterocycles. The van der Waals surface area contributed by atoms with Gasteiger partial charge < -0.3 is 5.11 Å². The number of fused-ring (bicyclic) bond motifs is 1. The van der Waals surface area contributed by atoms with Gasteiger partial charge in [-0.2, -0.15) is 0 Å². The van der Waals surface area contributed by atoms with Gasteiger partial charge >= 0.3 is 5.97 Å². The second-order valence-electron chi connectivity index (χ2n) is 4.77. The van der Waals surface area contributed by atoms with Crippen LogP contribution in [0.25, 0.3) is 0 Å². The van der Waals surface area contributed by atoms with Crippen LogP contribution >= 0.6 is 15.9 Å². The molecule has 1 aliphatic heterocycles. The molecular formula is C12H14BrNO2. The Balaban J connectivity index is 2.58. The third-order valence-electron chi connectivity index (χ3n) is 3.05. The number of halogens is 1. The van der Waals surface area contributed by atoms with Gasteiger partial charge in [0.1, 0.15) is 6.04 Å². The smallest absolute Gasteiger partial charge is 0.325 e. The number of carbonyl (C=O) groups is 1. The molecule has 3 nitrogen and oxygen atoms in total.